The Hall–Kier alpha value is -2.04. The Labute approximate surface area is 176 Å². The van der Waals surface area contributed by atoms with Gasteiger partial charge >= 0.3 is 0 Å². The molecule has 0 radical (unpaired) electrons. The maximum absolute atomic E-state index is 5.92. The van der Waals surface area contributed by atoms with E-state index in [1.165, 1.54) is 5.56 Å². The fourth-order valence-corrected chi connectivity index (χ4v) is 3.85. The largest absolute Gasteiger partial charge is 0.369 e. The van der Waals surface area contributed by atoms with Crippen LogP contribution in [-0.4, -0.2) is 40.6 Å². The van der Waals surface area contributed by atoms with E-state index < -0.39 is 0 Å². The van der Waals surface area contributed by atoms with Gasteiger partial charge in [-0.15, -0.1) is 23.2 Å². The van der Waals surface area contributed by atoms with Crippen molar-refractivity contribution in [2.75, 3.05) is 29.7 Å². The average Bonchev–Trinajstić information content (AvgIpc) is 3.01. The van der Waals surface area contributed by atoms with E-state index in [0.29, 0.717) is 11.8 Å². The number of halogens is 2. The zero-order chi connectivity index (χ0) is 20.1. The number of aromatic nitrogens is 2. The van der Waals surface area contributed by atoms with Gasteiger partial charge in [0.05, 0.1) is 16.7 Å². The highest BCUT2D eigenvalue weighted by Crippen LogP contribution is 2.23. The summed E-state index contributed by atoms with van der Waals surface area (Å²) in [6, 6.07) is 12.5. The zero-order valence-corrected chi connectivity index (χ0v) is 18.1. The van der Waals surface area contributed by atoms with Crippen LogP contribution in [0.4, 0.5) is 11.4 Å². The van der Waals surface area contributed by atoms with E-state index in [2.05, 4.69) is 57.6 Å². The number of aliphatic imine (C=N–C) groups is 1. The summed E-state index contributed by atoms with van der Waals surface area (Å²) in [5, 5.41) is 0. The van der Waals surface area contributed by atoms with Gasteiger partial charge in [-0.3, -0.25) is 4.99 Å². The van der Waals surface area contributed by atoms with Crippen LogP contribution in [0, 0.1) is 13.8 Å². The van der Waals surface area contributed by atoms with Crippen LogP contribution in [-0.2, 0) is 6.54 Å². The highest BCUT2D eigenvalue weighted by molar-refractivity contribution is 6.18. The van der Waals surface area contributed by atoms with Crippen molar-refractivity contribution in [1.29, 1.82) is 0 Å². The summed E-state index contributed by atoms with van der Waals surface area (Å²) >= 11 is 11.8. The Balaban J connectivity index is 1.83. The molecule has 0 saturated heterocycles. The zero-order valence-electron chi connectivity index (χ0n) is 16.6. The van der Waals surface area contributed by atoms with Gasteiger partial charge in [-0.1, -0.05) is 6.07 Å². The van der Waals surface area contributed by atoms with E-state index >= 15 is 0 Å². The molecular weight excluding hydrogens is 391 g/mol. The highest BCUT2D eigenvalue weighted by Gasteiger charge is 2.08. The summed E-state index contributed by atoms with van der Waals surface area (Å²) in [7, 11) is 0. The van der Waals surface area contributed by atoms with E-state index in [-0.39, 0.29) is 0 Å². The number of anilines is 1. The maximum atomic E-state index is 5.92. The molecule has 1 heterocycles. The molecule has 0 atom stereocenters. The minimum atomic E-state index is 0.578. The van der Waals surface area contributed by atoms with E-state index in [9.17, 15) is 0 Å². The van der Waals surface area contributed by atoms with Crippen LogP contribution in [0.15, 0.2) is 41.4 Å². The molecule has 0 aliphatic rings. The van der Waals surface area contributed by atoms with Crippen LogP contribution in [0.3, 0.4) is 0 Å². The molecule has 4 nitrogen and oxygen atoms in total. The number of hydrogen-bond acceptors (Lipinski definition) is 3. The molecule has 0 aliphatic carbocycles. The topological polar surface area (TPSA) is 33.4 Å². The summed E-state index contributed by atoms with van der Waals surface area (Å²) in [6.45, 7) is 8.75. The predicted molar refractivity (Wildman–Crippen MR) is 122 cm³/mol. The van der Waals surface area contributed by atoms with Crippen LogP contribution in [0.25, 0.3) is 11.0 Å². The van der Waals surface area contributed by atoms with E-state index in [1.54, 1.807) is 0 Å². The predicted octanol–water partition coefficient (Wildman–Crippen LogP) is 5.71. The van der Waals surface area contributed by atoms with Gasteiger partial charge in [0.2, 0.25) is 0 Å². The Morgan fingerprint density at radius 2 is 1.82 bits per heavy atom. The van der Waals surface area contributed by atoms with Crippen molar-refractivity contribution in [3.8, 4) is 0 Å². The lowest BCUT2D eigenvalue weighted by atomic mass is 10.1. The molecule has 0 amide bonds. The number of alkyl halides is 2. The number of fused-ring (bicyclic) bond motifs is 1. The first-order valence-electron chi connectivity index (χ1n) is 9.55. The first-order valence-corrected chi connectivity index (χ1v) is 10.6. The maximum Gasteiger partial charge on any atom is 0.106 e. The normalized spacial score (nSPS) is 11.6. The fourth-order valence-electron chi connectivity index (χ4n) is 3.44. The smallest absolute Gasteiger partial charge is 0.106 e. The first kappa shape index (κ1) is 20.7. The summed E-state index contributed by atoms with van der Waals surface area (Å²) in [6.07, 6.45) is 1.91. The first-order chi connectivity index (χ1) is 13.6. The third-order valence-corrected chi connectivity index (χ3v) is 5.26. The Morgan fingerprint density at radius 3 is 2.46 bits per heavy atom. The second kappa shape index (κ2) is 9.44. The quantitative estimate of drug-likeness (QED) is 0.348. The van der Waals surface area contributed by atoms with Gasteiger partial charge in [-0.2, -0.15) is 0 Å². The molecule has 28 heavy (non-hydrogen) atoms. The molecule has 0 N–H and O–H groups in total. The number of benzene rings is 2. The average molecular weight is 417 g/mol. The number of imidazole rings is 1. The Bertz CT molecular complexity index is 972. The summed E-state index contributed by atoms with van der Waals surface area (Å²) in [5.41, 5.74) is 6.44. The summed E-state index contributed by atoms with van der Waals surface area (Å²) < 4.78 is 2.21. The second-order valence-corrected chi connectivity index (χ2v) is 7.50. The highest BCUT2D eigenvalue weighted by atomic mass is 35.5. The van der Waals surface area contributed by atoms with Crippen molar-refractivity contribution in [2.24, 2.45) is 4.99 Å². The molecule has 6 heteroatoms. The van der Waals surface area contributed by atoms with Gasteiger partial charge in [0, 0.05) is 43.3 Å². The molecule has 2 aromatic carbocycles. The summed E-state index contributed by atoms with van der Waals surface area (Å²) in [4.78, 5) is 11.5. The molecule has 3 aromatic rings. The molecule has 0 bridgehead atoms. The van der Waals surface area contributed by atoms with Gasteiger partial charge in [0.25, 0.3) is 0 Å². The Kier molecular flexibility index (Phi) is 6.97. The molecule has 1 aromatic heterocycles. The van der Waals surface area contributed by atoms with Crippen LogP contribution in [0.1, 0.15) is 23.9 Å². The van der Waals surface area contributed by atoms with Crippen LogP contribution in [0.2, 0.25) is 0 Å². The molecule has 0 aliphatic heterocycles. The molecule has 0 spiro atoms. The van der Waals surface area contributed by atoms with Crippen molar-refractivity contribution in [3.63, 3.8) is 0 Å². The second-order valence-electron chi connectivity index (χ2n) is 6.74. The standard InChI is InChI=1S/C22H26Cl2N4/c1-4-28-17(3)26-21-14-19(6-8-22(21)28)25-15-18-5-7-20(13-16(18)2)27(11-9-23)12-10-24/h5-8,13-15H,4,9-12H2,1-3H3. The molecule has 0 saturated carbocycles. The monoisotopic (exact) mass is 416 g/mol. The van der Waals surface area contributed by atoms with Gasteiger partial charge in [0.15, 0.2) is 0 Å². The van der Waals surface area contributed by atoms with Crippen molar-refractivity contribution < 1.29 is 0 Å². The lowest BCUT2D eigenvalue weighted by Crippen LogP contribution is -2.27. The minimum Gasteiger partial charge on any atom is -0.369 e. The van der Waals surface area contributed by atoms with E-state index in [4.69, 9.17) is 23.2 Å². The fraction of sp³-hybridized carbons (Fsp3) is 0.364. The minimum absolute atomic E-state index is 0.578. The summed E-state index contributed by atoms with van der Waals surface area (Å²) in [5.74, 6) is 2.19. The third kappa shape index (κ3) is 4.50. The molecule has 3 rings (SSSR count). The van der Waals surface area contributed by atoms with Gasteiger partial charge in [0.1, 0.15) is 5.82 Å². The van der Waals surface area contributed by atoms with E-state index in [1.807, 2.05) is 25.3 Å². The van der Waals surface area contributed by atoms with E-state index in [0.717, 1.165) is 53.4 Å². The number of rotatable bonds is 8. The lowest BCUT2D eigenvalue weighted by Gasteiger charge is -2.23. The van der Waals surface area contributed by atoms with Gasteiger partial charge in [-0.05, 0) is 62.2 Å². The number of nitrogens with zero attached hydrogens (tertiary/aromatic N) is 4. The lowest BCUT2D eigenvalue weighted by molar-refractivity contribution is 0.753. The third-order valence-electron chi connectivity index (χ3n) is 4.92. The SMILES string of the molecule is CCn1c(C)nc2cc(N=Cc3ccc(N(CCCl)CCCl)cc3C)ccc21. The Morgan fingerprint density at radius 1 is 1.07 bits per heavy atom. The molecular formula is C22H26Cl2N4. The number of hydrogen-bond donors (Lipinski definition) is 0. The van der Waals surface area contributed by atoms with Crippen molar-refractivity contribution in [1.82, 2.24) is 9.55 Å². The molecule has 0 unspecified atom stereocenters. The number of aryl methyl sites for hydroxylation is 3. The van der Waals surface area contributed by atoms with Crippen molar-refractivity contribution in [2.45, 2.75) is 27.3 Å². The van der Waals surface area contributed by atoms with Gasteiger partial charge in [-0.25, -0.2) is 4.98 Å². The molecule has 148 valence electrons. The van der Waals surface area contributed by atoms with Crippen LogP contribution in [0.5, 0.6) is 0 Å². The van der Waals surface area contributed by atoms with Crippen molar-refractivity contribution >= 4 is 51.8 Å². The van der Waals surface area contributed by atoms with Crippen LogP contribution < -0.4 is 4.90 Å². The van der Waals surface area contributed by atoms with Crippen molar-refractivity contribution in [3.05, 3.63) is 53.3 Å². The van der Waals surface area contributed by atoms with Gasteiger partial charge < -0.3 is 9.47 Å². The van der Waals surface area contributed by atoms with Crippen LogP contribution >= 0.6 is 23.2 Å². The molecule has 0 fully saturated rings.